The Morgan fingerprint density at radius 1 is 1.08 bits per heavy atom. The molecule has 24 heavy (non-hydrogen) atoms. The van der Waals surface area contributed by atoms with Crippen molar-refractivity contribution in [3.05, 3.63) is 65.5 Å². The summed E-state index contributed by atoms with van der Waals surface area (Å²) in [5.74, 6) is 0.828. The minimum absolute atomic E-state index is 0.640. The number of pyridine rings is 1. The third kappa shape index (κ3) is 6.38. The average molecular weight is 326 g/mol. The molecular formula is C19H26N4O. The van der Waals surface area contributed by atoms with E-state index in [1.165, 1.54) is 11.1 Å². The Morgan fingerprint density at radius 2 is 1.88 bits per heavy atom. The van der Waals surface area contributed by atoms with Crippen LogP contribution < -0.4 is 10.6 Å². The molecule has 1 aromatic carbocycles. The predicted octanol–water partition coefficient (Wildman–Crippen LogP) is 2.53. The first-order valence-corrected chi connectivity index (χ1v) is 8.30. The van der Waals surface area contributed by atoms with Gasteiger partial charge < -0.3 is 15.4 Å². The van der Waals surface area contributed by atoms with Crippen LogP contribution in [-0.2, 0) is 24.3 Å². The van der Waals surface area contributed by atoms with Crippen LogP contribution in [0.1, 0.15) is 23.7 Å². The van der Waals surface area contributed by atoms with E-state index in [0.29, 0.717) is 13.2 Å². The highest BCUT2D eigenvalue weighted by atomic mass is 16.5. The largest absolute Gasteiger partial charge is 0.380 e. The SMILES string of the molecule is CCNC(=NCc1ccc(COC)cc1)NCCc1ccccn1. The van der Waals surface area contributed by atoms with Crippen molar-refractivity contribution in [2.45, 2.75) is 26.5 Å². The summed E-state index contributed by atoms with van der Waals surface area (Å²) < 4.78 is 5.13. The molecule has 0 saturated carbocycles. The first-order valence-electron chi connectivity index (χ1n) is 8.30. The molecule has 1 heterocycles. The lowest BCUT2D eigenvalue weighted by Crippen LogP contribution is -2.38. The van der Waals surface area contributed by atoms with Gasteiger partial charge in [0.25, 0.3) is 0 Å². The molecule has 2 N–H and O–H groups in total. The summed E-state index contributed by atoms with van der Waals surface area (Å²) in [5, 5.41) is 6.62. The van der Waals surface area contributed by atoms with Gasteiger partial charge in [0.15, 0.2) is 5.96 Å². The fourth-order valence-corrected chi connectivity index (χ4v) is 2.27. The van der Waals surface area contributed by atoms with Crippen LogP contribution in [0.25, 0.3) is 0 Å². The molecule has 0 amide bonds. The Labute approximate surface area is 144 Å². The fourth-order valence-electron chi connectivity index (χ4n) is 2.27. The van der Waals surface area contributed by atoms with E-state index in [9.17, 15) is 0 Å². The number of rotatable bonds is 8. The van der Waals surface area contributed by atoms with Gasteiger partial charge in [-0.05, 0) is 30.2 Å². The molecular weight excluding hydrogens is 300 g/mol. The first kappa shape index (κ1) is 17.9. The number of aromatic nitrogens is 1. The summed E-state index contributed by atoms with van der Waals surface area (Å²) in [6, 6.07) is 14.3. The molecule has 0 aliphatic heterocycles. The third-order valence-corrected chi connectivity index (χ3v) is 3.50. The van der Waals surface area contributed by atoms with Gasteiger partial charge in [0.1, 0.15) is 0 Å². The van der Waals surface area contributed by atoms with Crippen LogP contribution in [0.4, 0.5) is 0 Å². The minimum Gasteiger partial charge on any atom is -0.380 e. The summed E-state index contributed by atoms with van der Waals surface area (Å²) in [5.41, 5.74) is 3.43. The van der Waals surface area contributed by atoms with Gasteiger partial charge in [-0.25, -0.2) is 4.99 Å². The molecule has 128 valence electrons. The number of hydrogen-bond acceptors (Lipinski definition) is 3. The maximum absolute atomic E-state index is 5.13. The number of nitrogens with zero attached hydrogens (tertiary/aromatic N) is 2. The molecule has 0 spiro atoms. The van der Waals surface area contributed by atoms with Crippen molar-refractivity contribution in [1.29, 1.82) is 0 Å². The van der Waals surface area contributed by atoms with Gasteiger partial charge in [-0.2, -0.15) is 0 Å². The quantitative estimate of drug-likeness (QED) is 0.578. The molecule has 0 aliphatic carbocycles. The summed E-state index contributed by atoms with van der Waals surface area (Å²) in [7, 11) is 1.71. The van der Waals surface area contributed by atoms with E-state index < -0.39 is 0 Å². The molecule has 0 aliphatic rings. The van der Waals surface area contributed by atoms with Crippen molar-refractivity contribution in [2.24, 2.45) is 4.99 Å². The van der Waals surface area contributed by atoms with Crippen molar-refractivity contribution < 1.29 is 4.74 Å². The van der Waals surface area contributed by atoms with Gasteiger partial charge in [0.05, 0.1) is 13.2 Å². The lowest BCUT2D eigenvalue weighted by Gasteiger charge is -2.11. The lowest BCUT2D eigenvalue weighted by atomic mass is 10.1. The molecule has 5 heteroatoms. The second kappa shape index (κ2) is 10.4. The number of ether oxygens (including phenoxy) is 1. The Hall–Kier alpha value is -2.40. The van der Waals surface area contributed by atoms with Crippen LogP contribution in [0.2, 0.25) is 0 Å². The van der Waals surface area contributed by atoms with E-state index in [0.717, 1.165) is 31.2 Å². The van der Waals surface area contributed by atoms with E-state index in [1.54, 1.807) is 7.11 Å². The zero-order valence-corrected chi connectivity index (χ0v) is 14.5. The highest BCUT2D eigenvalue weighted by molar-refractivity contribution is 5.79. The minimum atomic E-state index is 0.640. The smallest absolute Gasteiger partial charge is 0.191 e. The number of guanidine groups is 1. The summed E-state index contributed by atoms with van der Waals surface area (Å²) in [6.45, 7) is 4.99. The fraction of sp³-hybridized carbons (Fsp3) is 0.368. The van der Waals surface area contributed by atoms with Crippen LogP contribution in [0.5, 0.6) is 0 Å². The van der Waals surface area contributed by atoms with Gasteiger partial charge in [0, 0.05) is 38.5 Å². The Kier molecular flexibility index (Phi) is 7.77. The monoisotopic (exact) mass is 326 g/mol. The summed E-state index contributed by atoms with van der Waals surface area (Å²) >= 11 is 0. The number of hydrogen-bond donors (Lipinski definition) is 2. The lowest BCUT2D eigenvalue weighted by molar-refractivity contribution is 0.185. The average Bonchev–Trinajstić information content (AvgIpc) is 2.62. The van der Waals surface area contributed by atoms with Crippen LogP contribution >= 0.6 is 0 Å². The molecule has 5 nitrogen and oxygen atoms in total. The van der Waals surface area contributed by atoms with E-state index in [4.69, 9.17) is 4.74 Å². The normalized spacial score (nSPS) is 11.3. The highest BCUT2D eigenvalue weighted by Gasteiger charge is 1.99. The van der Waals surface area contributed by atoms with Crippen molar-refractivity contribution in [3.63, 3.8) is 0 Å². The van der Waals surface area contributed by atoms with Crippen LogP contribution in [-0.4, -0.2) is 31.1 Å². The van der Waals surface area contributed by atoms with Crippen LogP contribution in [0.3, 0.4) is 0 Å². The van der Waals surface area contributed by atoms with Gasteiger partial charge in [0.2, 0.25) is 0 Å². The zero-order chi connectivity index (χ0) is 17.0. The van der Waals surface area contributed by atoms with Crippen molar-refractivity contribution >= 4 is 5.96 Å². The third-order valence-electron chi connectivity index (χ3n) is 3.50. The van der Waals surface area contributed by atoms with Gasteiger partial charge in [-0.15, -0.1) is 0 Å². The van der Waals surface area contributed by atoms with Gasteiger partial charge in [-0.1, -0.05) is 30.3 Å². The topological polar surface area (TPSA) is 58.5 Å². The maximum Gasteiger partial charge on any atom is 0.191 e. The van der Waals surface area contributed by atoms with Gasteiger partial charge in [-0.3, -0.25) is 4.98 Å². The second-order valence-corrected chi connectivity index (χ2v) is 5.44. The van der Waals surface area contributed by atoms with Crippen LogP contribution in [0, 0.1) is 0 Å². The Balaban J connectivity index is 1.85. The molecule has 0 unspecified atom stereocenters. The van der Waals surface area contributed by atoms with Crippen LogP contribution in [0.15, 0.2) is 53.7 Å². The predicted molar refractivity (Wildman–Crippen MR) is 97.9 cm³/mol. The molecule has 0 fully saturated rings. The molecule has 2 rings (SSSR count). The van der Waals surface area contributed by atoms with E-state index in [-0.39, 0.29) is 0 Å². The number of methoxy groups -OCH3 is 1. The van der Waals surface area contributed by atoms with E-state index in [1.807, 2.05) is 24.4 Å². The zero-order valence-electron chi connectivity index (χ0n) is 14.5. The highest BCUT2D eigenvalue weighted by Crippen LogP contribution is 2.06. The second-order valence-electron chi connectivity index (χ2n) is 5.44. The Morgan fingerprint density at radius 3 is 2.54 bits per heavy atom. The number of aliphatic imine (C=N–C) groups is 1. The van der Waals surface area contributed by atoms with E-state index >= 15 is 0 Å². The molecule has 0 radical (unpaired) electrons. The van der Waals surface area contributed by atoms with Gasteiger partial charge >= 0.3 is 0 Å². The molecule has 0 bridgehead atoms. The summed E-state index contributed by atoms with van der Waals surface area (Å²) in [4.78, 5) is 8.96. The molecule has 1 aromatic heterocycles. The first-order chi connectivity index (χ1) is 11.8. The van der Waals surface area contributed by atoms with E-state index in [2.05, 4.69) is 51.8 Å². The van der Waals surface area contributed by atoms with Crippen molar-refractivity contribution in [3.8, 4) is 0 Å². The number of nitrogens with one attached hydrogen (secondary N) is 2. The summed E-state index contributed by atoms with van der Waals surface area (Å²) in [6.07, 6.45) is 2.69. The van der Waals surface area contributed by atoms with Crippen molar-refractivity contribution in [2.75, 3.05) is 20.2 Å². The Bertz CT molecular complexity index is 611. The maximum atomic E-state index is 5.13. The van der Waals surface area contributed by atoms with Crippen molar-refractivity contribution in [1.82, 2.24) is 15.6 Å². The molecule has 0 atom stereocenters. The number of benzene rings is 1. The standard InChI is InChI=1S/C19H26N4O/c1-3-20-19(22-13-11-18-6-4-5-12-21-18)23-14-16-7-9-17(10-8-16)15-24-2/h4-10,12H,3,11,13-15H2,1-2H3,(H2,20,22,23). The molecule has 2 aromatic rings. The molecule has 0 saturated heterocycles.